The number of nitrogens with one attached hydrogen (secondary N) is 1. The Morgan fingerprint density at radius 3 is 2.36 bits per heavy atom. The van der Waals surface area contributed by atoms with Crippen LogP contribution in [0.5, 0.6) is 0 Å². The molecule has 1 aliphatic rings. The molecule has 0 radical (unpaired) electrons. The summed E-state index contributed by atoms with van der Waals surface area (Å²) >= 11 is 0. The van der Waals surface area contributed by atoms with Crippen LogP contribution in [-0.2, 0) is 9.84 Å². The van der Waals surface area contributed by atoms with E-state index < -0.39 is 9.84 Å². The van der Waals surface area contributed by atoms with Crippen molar-refractivity contribution in [1.29, 1.82) is 0 Å². The van der Waals surface area contributed by atoms with E-state index in [-0.39, 0.29) is 12.4 Å². The predicted octanol–water partition coefficient (Wildman–Crippen LogP) is 0.205. The zero-order valence-corrected chi connectivity index (χ0v) is 8.17. The Bertz CT molecular complexity index is 199. The highest BCUT2D eigenvalue weighted by Gasteiger charge is 2.17. The lowest BCUT2D eigenvalue weighted by Gasteiger charge is -2.26. The quantitative estimate of drug-likeness (QED) is 0.707. The third-order valence-corrected chi connectivity index (χ3v) is 2.74. The monoisotopic (exact) mass is 199 g/mol. The SMILES string of the molecule is CS(=O)(=O)CCC1CCN1.Cl. The molecule has 0 amide bonds. The molecule has 0 aromatic rings. The van der Waals surface area contributed by atoms with Crippen molar-refractivity contribution in [2.45, 2.75) is 18.9 Å². The van der Waals surface area contributed by atoms with Crippen molar-refractivity contribution in [3.63, 3.8) is 0 Å². The molecule has 1 atom stereocenters. The highest BCUT2D eigenvalue weighted by molar-refractivity contribution is 7.90. The van der Waals surface area contributed by atoms with E-state index in [4.69, 9.17) is 0 Å². The first-order valence-corrected chi connectivity index (χ1v) is 5.55. The molecule has 1 N–H and O–H groups in total. The van der Waals surface area contributed by atoms with Crippen molar-refractivity contribution in [1.82, 2.24) is 5.32 Å². The number of rotatable bonds is 3. The van der Waals surface area contributed by atoms with Crippen molar-refractivity contribution in [3.8, 4) is 0 Å². The van der Waals surface area contributed by atoms with E-state index in [0.29, 0.717) is 11.8 Å². The van der Waals surface area contributed by atoms with E-state index >= 15 is 0 Å². The van der Waals surface area contributed by atoms with E-state index in [1.807, 2.05) is 0 Å². The Kier molecular flexibility index (Phi) is 4.36. The largest absolute Gasteiger partial charge is 0.314 e. The molecule has 1 heterocycles. The van der Waals surface area contributed by atoms with E-state index in [0.717, 1.165) is 19.4 Å². The average Bonchev–Trinajstić information content (AvgIpc) is 1.56. The van der Waals surface area contributed by atoms with Crippen LogP contribution in [0.1, 0.15) is 12.8 Å². The van der Waals surface area contributed by atoms with Crippen molar-refractivity contribution in [3.05, 3.63) is 0 Å². The van der Waals surface area contributed by atoms with Gasteiger partial charge in [0.2, 0.25) is 0 Å². The molecule has 1 fully saturated rings. The lowest BCUT2D eigenvalue weighted by atomic mass is 10.1. The summed E-state index contributed by atoms with van der Waals surface area (Å²) in [6, 6.07) is 0.467. The summed E-state index contributed by atoms with van der Waals surface area (Å²) in [6.07, 6.45) is 3.19. The maximum absolute atomic E-state index is 10.6. The molecule has 0 saturated carbocycles. The lowest BCUT2D eigenvalue weighted by molar-refractivity contribution is 0.362. The molecule has 1 saturated heterocycles. The van der Waals surface area contributed by atoms with Gasteiger partial charge in [0.1, 0.15) is 9.84 Å². The second kappa shape index (κ2) is 4.28. The first-order valence-electron chi connectivity index (χ1n) is 3.49. The first kappa shape index (κ1) is 11.2. The van der Waals surface area contributed by atoms with Gasteiger partial charge in [-0.1, -0.05) is 0 Å². The van der Waals surface area contributed by atoms with Crippen molar-refractivity contribution >= 4 is 22.2 Å². The Morgan fingerprint density at radius 2 is 2.09 bits per heavy atom. The summed E-state index contributed by atoms with van der Waals surface area (Å²) in [5.74, 6) is 0.324. The van der Waals surface area contributed by atoms with Gasteiger partial charge >= 0.3 is 0 Å². The maximum atomic E-state index is 10.6. The smallest absolute Gasteiger partial charge is 0.147 e. The van der Waals surface area contributed by atoms with E-state index in [1.54, 1.807) is 0 Å². The molecule has 0 spiro atoms. The summed E-state index contributed by atoms with van der Waals surface area (Å²) in [5.41, 5.74) is 0. The van der Waals surface area contributed by atoms with Crippen LogP contribution in [0, 0.1) is 0 Å². The molecule has 0 aromatic carbocycles. The minimum atomic E-state index is -2.74. The van der Waals surface area contributed by atoms with Crippen LogP contribution in [0.15, 0.2) is 0 Å². The normalized spacial score (nSPS) is 23.5. The van der Waals surface area contributed by atoms with Crippen LogP contribution < -0.4 is 5.32 Å². The summed E-state index contributed by atoms with van der Waals surface area (Å²) in [5, 5.41) is 3.15. The van der Waals surface area contributed by atoms with Crippen LogP contribution in [-0.4, -0.2) is 33.0 Å². The minimum absolute atomic E-state index is 0. The molecule has 0 aromatic heterocycles. The van der Waals surface area contributed by atoms with Gasteiger partial charge in [0.15, 0.2) is 0 Å². The van der Waals surface area contributed by atoms with Crippen LogP contribution in [0.4, 0.5) is 0 Å². The molecule has 68 valence electrons. The molecular weight excluding hydrogens is 186 g/mol. The minimum Gasteiger partial charge on any atom is -0.314 e. The second-order valence-electron chi connectivity index (χ2n) is 2.86. The van der Waals surface area contributed by atoms with Crippen LogP contribution in [0.25, 0.3) is 0 Å². The summed E-state index contributed by atoms with van der Waals surface area (Å²) in [4.78, 5) is 0. The molecule has 3 nitrogen and oxygen atoms in total. The van der Waals surface area contributed by atoms with E-state index in [9.17, 15) is 8.42 Å². The molecule has 1 rings (SSSR count). The van der Waals surface area contributed by atoms with Gasteiger partial charge in [-0.25, -0.2) is 8.42 Å². The van der Waals surface area contributed by atoms with Crippen molar-refractivity contribution < 1.29 is 8.42 Å². The number of hydrogen-bond acceptors (Lipinski definition) is 3. The van der Waals surface area contributed by atoms with Crippen molar-refractivity contribution in [2.75, 3.05) is 18.6 Å². The molecule has 0 bridgehead atoms. The summed E-state index contributed by atoms with van der Waals surface area (Å²) < 4.78 is 21.3. The van der Waals surface area contributed by atoms with Gasteiger partial charge in [-0.2, -0.15) is 0 Å². The van der Waals surface area contributed by atoms with Gasteiger partial charge in [-0.05, 0) is 19.4 Å². The zero-order chi connectivity index (χ0) is 7.61. The zero-order valence-electron chi connectivity index (χ0n) is 6.54. The highest BCUT2D eigenvalue weighted by Crippen LogP contribution is 2.07. The summed E-state index contributed by atoms with van der Waals surface area (Å²) in [7, 11) is -2.74. The molecule has 0 aliphatic carbocycles. The fourth-order valence-corrected chi connectivity index (χ4v) is 1.66. The topological polar surface area (TPSA) is 46.2 Å². The Balaban J connectivity index is 0.000001000. The van der Waals surface area contributed by atoms with Gasteiger partial charge in [0.05, 0.1) is 5.75 Å². The predicted molar refractivity (Wildman–Crippen MR) is 48.0 cm³/mol. The standard InChI is InChI=1S/C6H13NO2S.ClH/c1-10(8,9)5-3-6-2-4-7-6;/h6-7H,2-5H2,1H3;1H. The van der Waals surface area contributed by atoms with Gasteiger partial charge in [-0.3, -0.25) is 0 Å². The first-order chi connectivity index (χ1) is 4.58. The van der Waals surface area contributed by atoms with Gasteiger partial charge in [0.25, 0.3) is 0 Å². The number of hydrogen-bond donors (Lipinski definition) is 1. The molecular formula is C6H14ClNO2S. The molecule has 1 aliphatic heterocycles. The van der Waals surface area contributed by atoms with Crippen LogP contribution in [0.2, 0.25) is 0 Å². The van der Waals surface area contributed by atoms with Crippen LogP contribution >= 0.6 is 12.4 Å². The highest BCUT2D eigenvalue weighted by atomic mass is 35.5. The molecule has 1 unspecified atom stereocenters. The third-order valence-electron chi connectivity index (χ3n) is 1.76. The number of halogens is 1. The second-order valence-corrected chi connectivity index (χ2v) is 5.12. The molecule has 5 heteroatoms. The van der Waals surface area contributed by atoms with E-state index in [2.05, 4.69) is 5.32 Å². The number of sulfone groups is 1. The van der Waals surface area contributed by atoms with E-state index in [1.165, 1.54) is 6.26 Å². The van der Waals surface area contributed by atoms with Crippen molar-refractivity contribution in [2.24, 2.45) is 0 Å². The fourth-order valence-electron chi connectivity index (χ4n) is 0.951. The van der Waals surface area contributed by atoms with Gasteiger partial charge in [0, 0.05) is 12.3 Å². The van der Waals surface area contributed by atoms with Gasteiger partial charge < -0.3 is 5.32 Å². The van der Waals surface area contributed by atoms with Gasteiger partial charge in [-0.15, -0.1) is 12.4 Å². The molecule has 11 heavy (non-hydrogen) atoms. The third kappa shape index (κ3) is 4.61. The maximum Gasteiger partial charge on any atom is 0.147 e. The Labute approximate surface area is 73.9 Å². The summed E-state index contributed by atoms with van der Waals surface area (Å²) in [6.45, 7) is 1.05. The Hall–Kier alpha value is 0.200. The van der Waals surface area contributed by atoms with Crippen LogP contribution in [0.3, 0.4) is 0 Å². The average molecular weight is 200 g/mol. The Morgan fingerprint density at radius 1 is 1.55 bits per heavy atom. The lowest BCUT2D eigenvalue weighted by Crippen LogP contribution is -2.43. The fraction of sp³-hybridized carbons (Fsp3) is 1.00.